The largest absolute Gasteiger partial charge is 0.451 e. The number of rotatable bonds is 4. The molecule has 1 aliphatic carbocycles. The lowest BCUT2D eigenvalue weighted by atomic mass is 10.1. The summed E-state index contributed by atoms with van der Waals surface area (Å²) in [4.78, 5) is 17.4. The van der Waals surface area contributed by atoms with Crippen LogP contribution in [0, 0.1) is 6.92 Å². The Morgan fingerprint density at radius 3 is 2.76 bits per heavy atom. The van der Waals surface area contributed by atoms with E-state index >= 15 is 0 Å². The highest BCUT2D eigenvalue weighted by atomic mass is 16.3. The van der Waals surface area contributed by atoms with Crippen LogP contribution in [0.3, 0.4) is 0 Å². The van der Waals surface area contributed by atoms with Crippen molar-refractivity contribution in [2.24, 2.45) is 0 Å². The van der Waals surface area contributed by atoms with Gasteiger partial charge in [-0.2, -0.15) is 0 Å². The van der Waals surface area contributed by atoms with Crippen LogP contribution in [-0.2, 0) is 0 Å². The van der Waals surface area contributed by atoms with Crippen LogP contribution in [0.15, 0.2) is 65.7 Å². The summed E-state index contributed by atoms with van der Waals surface area (Å²) in [6.07, 6.45) is 9.52. The van der Waals surface area contributed by atoms with E-state index in [1.165, 1.54) is 24.8 Å². The van der Waals surface area contributed by atoms with Crippen LogP contribution < -0.4 is 5.32 Å². The predicted octanol–water partition coefficient (Wildman–Crippen LogP) is 5.24. The van der Waals surface area contributed by atoms with Crippen molar-refractivity contribution in [3.05, 3.63) is 72.4 Å². The van der Waals surface area contributed by atoms with Crippen molar-refractivity contribution in [1.82, 2.24) is 14.7 Å². The van der Waals surface area contributed by atoms with Gasteiger partial charge in [-0.3, -0.25) is 4.79 Å². The number of nitrogens with zero attached hydrogens (tertiary/aromatic N) is 2. The zero-order valence-electron chi connectivity index (χ0n) is 16.4. The highest BCUT2D eigenvalue weighted by molar-refractivity contribution is 6.02. The topological polar surface area (TPSA) is 59.5 Å². The Balaban J connectivity index is 1.63. The molecule has 0 spiro atoms. The molecule has 1 amide bonds. The van der Waals surface area contributed by atoms with Gasteiger partial charge in [-0.05, 0) is 43.0 Å². The number of benzene rings is 1. The number of amides is 1. The fourth-order valence-corrected chi connectivity index (χ4v) is 4.26. The number of aryl methyl sites for hydroxylation is 1. The summed E-state index contributed by atoms with van der Waals surface area (Å²) >= 11 is 0. The predicted molar refractivity (Wildman–Crippen MR) is 113 cm³/mol. The summed E-state index contributed by atoms with van der Waals surface area (Å²) in [5, 5.41) is 3.20. The van der Waals surface area contributed by atoms with E-state index in [0.29, 0.717) is 11.3 Å². The van der Waals surface area contributed by atoms with Gasteiger partial charge in [0.05, 0.1) is 11.3 Å². The van der Waals surface area contributed by atoms with Crippen LogP contribution in [0.5, 0.6) is 0 Å². The highest BCUT2D eigenvalue weighted by Crippen LogP contribution is 2.30. The monoisotopic (exact) mass is 385 g/mol. The van der Waals surface area contributed by atoms with Gasteiger partial charge in [0.15, 0.2) is 6.39 Å². The molecular weight excluding hydrogens is 362 g/mol. The fourth-order valence-electron chi connectivity index (χ4n) is 4.26. The molecule has 1 N–H and O–H groups in total. The van der Waals surface area contributed by atoms with E-state index in [1.807, 2.05) is 16.5 Å². The molecule has 3 heterocycles. The first-order valence-electron chi connectivity index (χ1n) is 10.1. The SMILES string of the molecule is Cc1cccc(-c2ccc3cc(C(=O)NC4CCCC4)c(-c4cocn4)n3c2)c1. The van der Waals surface area contributed by atoms with E-state index in [2.05, 4.69) is 53.8 Å². The first-order valence-corrected chi connectivity index (χ1v) is 10.1. The normalized spacial score (nSPS) is 14.5. The molecule has 0 bridgehead atoms. The molecule has 0 atom stereocenters. The summed E-state index contributed by atoms with van der Waals surface area (Å²) < 4.78 is 7.27. The van der Waals surface area contributed by atoms with Crippen LogP contribution in [-0.4, -0.2) is 21.3 Å². The van der Waals surface area contributed by atoms with Crippen molar-refractivity contribution in [3.63, 3.8) is 0 Å². The summed E-state index contributed by atoms with van der Waals surface area (Å²) in [6, 6.07) is 14.7. The molecule has 1 aliphatic rings. The zero-order valence-corrected chi connectivity index (χ0v) is 16.4. The lowest BCUT2D eigenvalue weighted by Crippen LogP contribution is -2.32. The molecule has 0 saturated heterocycles. The summed E-state index contributed by atoms with van der Waals surface area (Å²) in [7, 11) is 0. The molecule has 4 aromatic rings. The van der Waals surface area contributed by atoms with Gasteiger partial charge >= 0.3 is 0 Å². The minimum Gasteiger partial charge on any atom is -0.451 e. The van der Waals surface area contributed by atoms with Crippen molar-refractivity contribution >= 4 is 11.4 Å². The van der Waals surface area contributed by atoms with Gasteiger partial charge in [0.25, 0.3) is 5.91 Å². The second-order valence-electron chi connectivity index (χ2n) is 7.82. The lowest BCUT2D eigenvalue weighted by Gasteiger charge is -2.12. The van der Waals surface area contributed by atoms with Crippen LogP contribution in [0.4, 0.5) is 0 Å². The molecule has 0 radical (unpaired) electrons. The van der Waals surface area contributed by atoms with Crippen molar-refractivity contribution in [2.75, 3.05) is 0 Å². The molecular formula is C24H23N3O2. The highest BCUT2D eigenvalue weighted by Gasteiger charge is 2.24. The maximum atomic E-state index is 13.1. The van der Waals surface area contributed by atoms with Crippen LogP contribution in [0.25, 0.3) is 28.0 Å². The lowest BCUT2D eigenvalue weighted by molar-refractivity contribution is 0.0938. The number of carbonyl (C=O) groups is 1. The van der Waals surface area contributed by atoms with Gasteiger partial charge in [-0.1, -0.05) is 48.7 Å². The smallest absolute Gasteiger partial charge is 0.253 e. The molecule has 1 aromatic carbocycles. The minimum absolute atomic E-state index is 0.0456. The molecule has 1 fully saturated rings. The maximum Gasteiger partial charge on any atom is 0.253 e. The van der Waals surface area contributed by atoms with E-state index in [1.54, 1.807) is 6.26 Å². The Kier molecular flexibility index (Phi) is 4.43. The van der Waals surface area contributed by atoms with Crippen molar-refractivity contribution in [3.8, 4) is 22.5 Å². The second kappa shape index (κ2) is 7.24. The molecule has 5 nitrogen and oxygen atoms in total. The molecule has 3 aromatic heterocycles. The Morgan fingerprint density at radius 1 is 1.14 bits per heavy atom. The Morgan fingerprint density at radius 2 is 2.00 bits per heavy atom. The average Bonchev–Trinajstić information content (AvgIpc) is 3.47. The number of pyridine rings is 1. The number of aromatic nitrogens is 2. The van der Waals surface area contributed by atoms with Gasteiger partial charge in [-0.25, -0.2) is 4.98 Å². The number of hydrogen-bond acceptors (Lipinski definition) is 3. The molecule has 0 aliphatic heterocycles. The van der Waals surface area contributed by atoms with Gasteiger partial charge in [0, 0.05) is 17.8 Å². The van der Waals surface area contributed by atoms with Crippen molar-refractivity contribution in [1.29, 1.82) is 0 Å². The standard InChI is InChI=1S/C24H23N3O2/c1-16-5-4-6-17(11-16)18-9-10-20-12-21(24(28)26-19-7-2-3-8-19)23(27(20)13-18)22-14-29-15-25-22/h4-6,9-15,19H,2-3,7-8H2,1H3,(H,26,28). The molecule has 0 unspecified atom stereocenters. The molecule has 5 rings (SSSR count). The van der Waals surface area contributed by atoms with E-state index in [9.17, 15) is 4.79 Å². The third-order valence-corrected chi connectivity index (χ3v) is 5.73. The Labute approximate surface area is 169 Å². The first-order chi connectivity index (χ1) is 14.2. The quantitative estimate of drug-likeness (QED) is 0.522. The minimum atomic E-state index is -0.0456. The Bertz CT molecular complexity index is 1170. The summed E-state index contributed by atoms with van der Waals surface area (Å²) in [6.45, 7) is 2.09. The maximum absolute atomic E-state index is 13.1. The van der Waals surface area contributed by atoms with Crippen LogP contribution >= 0.6 is 0 Å². The summed E-state index contributed by atoms with van der Waals surface area (Å²) in [5.74, 6) is -0.0456. The number of hydrogen-bond donors (Lipinski definition) is 1. The van der Waals surface area contributed by atoms with E-state index in [4.69, 9.17) is 4.42 Å². The Hall–Kier alpha value is -3.34. The number of oxazole rings is 1. The third kappa shape index (κ3) is 3.33. The fraction of sp³-hybridized carbons (Fsp3) is 0.250. The molecule has 29 heavy (non-hydrogen) atoms. The number of carbonyl (C=O) groups excluding carboxylic acids is 1. The van der Waals surface area contributed by atoms with Gasteiger partial charge in [0.1, 0.15) is 12.0 Å². The number of fused-ring (bicyclic) bond motifs is 1. The van der Waals surface area contributed by atoms with E-state index in [-0.39, 0.29) is 11.9 Å². The molecule has 1 saturated carbocycles. The summed E-state index contributed by atoms with van der Waals surface area (Å²) in [5.41, 5.74) is 6.45. The van der Waals surface area contributed by atoms with Gasteiger partial charge < -0.3 is 14.1 Å². The first kappa shape index (κ1) is 17.7. The van der Waals surface area contributed by atoms with Gasteiger partial charge in [-0.15, -0.1) is 0 Å². The van der Waals surface area contributed by atoms with Gasteiger partial charge in [0.2, 0.25) is 0 Å². The van der Waals surface area contributed by atoms with Crippen LogP contribution in [0.2, 0.25) is 0 Å². The second-order valence-corrected chi connectivity index (χ2v) is 7.82. The average molecular weight is 385 g/mol. The van der Waals surface area contributed by atoms with Crippen LogP contribution in [0.1, 0.15) is 41.6 Å². The number of nitrogens with one attached hydrogen (secondary N) is 1. The van der Waals surface area contributed by atoms with Crippen molar-refractivity contribution < 1.29 is 9.21 Å². The van der Waals surface area contributed by atoms with E-state index in [0.717, 1.165) is 35.2 Å². The van der Waals surface area contributed by atoms with E-state index < -0.39 is 0 Å². The molecule has 146 valence electrons. The molecule has 5 heteroatoms. The third-order valence-electron chi connectivity index (χ3n) is 5.73. The zero-order chi connectivity index (χ0) is 19.8. The van der Waals surface area contributed by atoms with Crippen molar-refractivity contribution in [2.45, 2.75) is 38.6 Å².